The maximum absolute atomic E-state index is 4.26. The normalized spacial score (nSPS) is 36.4. The van der Waals surface area contributed by atoms with E-state index in [9.17, 15) is 0 Å². The number of hydrogen-bond donors (Lipinski definition) is 1. The summed E-state index contributed by atoms with van der Waals surface area (Å²) in [7, 11) is 0. The van der Waals surface area contributed by atoms with Crippen LogP contribution in [0.4, 0.5) is 0 Å². The van der Waals surface area contributed by atoms with Crippen LogP contribution in [0.1, 0.15) is 52.4 Å². The van der Waals surface area contributed by atoms with Crippen LogP contribution in [0.15, 0.2) is 24.9 Å². The van der Waals surface area contributed by atoms with Gasteiger partial charge in [-0.3, -0.25) is 0 Å². The van der Waals surface area contributed by atoms with Crippen LogP contribution in [0, 0.1) is 23.2 Å². The van der Waals surface area contributed by atoms with Gasteiger partial charge in [-0.25, -0.2) is 0 Å². The molecular formula is C17H29N. The van der Waals surface area contributed by atoms with Crippen molar-refractivity contribution in [3.05, 3.63) is 24.9 Å². The predicted molar refractivity (Wildman–Crippen MR) is 79.3 cm³/mol. The minimum Gasteiger partial charge on any atom is -0.389 e. The summed E-state index contributed by atoms with van der Waals surface area (Å²) < 4.78 is 0. The Hall–Kier alpha value is -0.720. The average Bonchev–Trinajstić information content (AvgIpc) is 2.91. The van der Waals surface area contributed by atoms with Gasteiger partial charge < -0.3 is 5.32 Å². The molecule has 1 nitrogen and oxygen atoms in total. The van der Waals surface area contributed by atoms with Crippen molar-refractivity contribution in [2.75, 3.05) is 6.54 Å². The zero-order valence-corrected chi connectivity index (χ0v) is 12.2. The minimum absolute atomic E-state index is 0.582. The lowest BCUT2D eigenvalue weighted by atomic mass is 9.64. The molecular weight excluding hydrogens is 218 g/mol. The first-order chi connectivity index (χ1) is 8.65. The number of rotatable bonds is 9. The smallest absolute Gasteiger partial charge is 0.0143 e. The lowest BCUT2D eigenvalue weighted by Crippen LogP contribution is -2.40. The zero-order chi connectivity index (χ0) is 13.2. The van der Waals surface area contributed by atoms with Crippen molar-refractivity contribution in [3.63, 3.8) is 0 Å². The largest absolute Gasteiger partial charge is 0.389 e. The van der Waals surface area contributed by atoms with Crippen molar-refractivity contribution in [2.24, 2.45) is 23.2 Å². The molecule has 2 aliphatic rings. The van der Waals surface area contributed by atoms with Gasteiger partial charge in [-0.05, 0) is 30.1 Å². The summed E-state index contributed by atoms with van der Waals surface area (Å²) in [5.41, 5.74) is 1.85. The lowest BCUT2D eigenvalue weighted by molar-refractivity contribution is 0.142. The van der Waals surface area contributed by atoms with Crippen LogP contribution >= 0.6 is 0 Å². The Bertz CT molecular complexity index is 320. The van der Waals surface area contributed by atoms with E-state index in [-0.39, 0.29) is 0 Å². The van der Waals surface area contributed by atoms with Crippen molar-refractivity contribution in [3.8, 4) is 0 Å². The highest BCUT2D eigenvalue weighted by atomic mass is 14.9. The van der Waals surface area contributed by atoms with Crippen LogP contribution in [0.25, 0.3) is 0 Å². The quantitative estimate of drug-likeness (QED) is 0.466. The van der Waals surface area contributed by atoms with E-state index in [0.717, 1.165) is 12.5 Å². The summed E-state index contributed by atoms with van der Waals surface area (Å²) in [5, 5.41) is 3.56. The lowest BCUT2D eigenvalue weighted by Gasteiger charge is -2.42. The molecule has 0 aromatic carbocycles. The second-order valence-corrected chi connectivity index (χ2v) is 6.47. The van der Waals surface area contributed by atoms with Crippen molar-refractivity contribution < 1.29 is 0 Å². The molecule has 0 amide bonds. The molecule has 2 fully saturated rings. The van der Waals surface area contributed by atoms with Gasteiger partial charge in [0, 0.05) is 18.2 Å². The Balaban J connectivity index is 1.63. The second kappa shape index (κ2) is 5.50. The number of nitrogens with one attached hydrogen (secondary N) is 1. The minimum atomic E-state index is 0.582. The standard InChI is InChI=1S/C17H29N/c1-5-7-8-9-10-11-18-13(3)16-14(6-2)17(4)12-15(16)17/h6,14-16,18H,2-3,5,7-12H2,1,4H3. The van der Waals surface area contributed by atoms with Gasteiger partial charge in [-0.2, -0.15) is 0 Å². The van der Waals surface area contributed by atoms with E-state index in [1.54, 1.807) is 0 Å². The maximum Gasteiger partial charge on any atom is 0.0143 e. The molecule has 102 valence electrons. The Morgan fingerprint density at radius 3 is 2.72 bits per heavy atom. The van der Waals surface area contributed by atoms with Crippen molar-refractivity contribution in [2.45, 2.75) is 52.4 Å². The summed E-state index contributed by atoms with van der Waals surface area (Å²) in [6.45, 7) is 14.0. The topological polar surface area (TPSA) is 12.0 Å². The highest BCUT2D eigenvalue weighted by molar-refractivity contribution is 5.29. The van der Waals surface area contributed by atoms with Crippen LogP contribution in [0.2, 0.25) is 0 Å². The molecule has 0 saturated heterocycles. The molecule has 0 bridgehead atoms. The molecule has 1 N–H and O–H groups in total. The first-order valence-corrected chi connectivity index (χ1v) is 7.70. The van der Waals surface area contributed by atoms with Crippen molar-refractivity contribution in [1.29, 1.82) is 0 Å². The van der Waals surface area contributed by atoms with E-state index < -0.39 is 0 Å². The van der Waals surface area contributed by atoms with Crippen LogP contribution in [-0.4, -0.2) is 6.54 Å². The third kappa shape index (κ3) is 2.37. The molecule has 2 aliphatic carbocycles. The monoisotopic (exact) mass is 247 g/mol. The fourth-order valence-corrected chi connectivity index (χ4v) is 3.85. The molecule has 2 rings (SSSR count). The predicted octanol–water partition coefficient (Wildman–Crippen LogP) is 4.52. The summed E-state index contributed by atoms with van der Waals surface area (Å²) in [5.74, 6) is 2.23. The van der Waals surface area contributed by atoms with E-state index in [1.165, 1.54) is 44.2 Å². The van der Waals surface area contributed by atoms with Gasteiger partial charge in [-0.1, -0.05) is 52.2 Å². The van der Waals surface area contributed by atoms with E-state index in [2.05, 4.69) is 38.4 Å². The van der Waals surface area contributed by atoms with Gasteiger partial charge in [0.25, 0.3) is 0 Å². The Morgan fingerprint density at radius 2 is 2.06 bits per heavy atom. The van der Waals surface area contributed by atoms with Crippen LogP contribution in [0.5, 0.6) is 0 Å². The van der Waals surface area contributed by atoms with E-state index in [4.69, 9.17) is 0 Å². The number of fused-ring (bicyclic) bond motifs is 1. The SMILES string of the molecule is C=CC1C(C(=C)NCCCCCCC)C2CC12C. The molecule has 4 atom stereocenters. The first kappa shape index (κ1) is 13.7. The number of allylic oxidation sites excluding steroid dienone is 2. The highest BCUT2D eigenvalue weighted by Crippen LogP contribution is 2.75. The third-order valence-corrected chi connectivity index (χ3v) is 5.22. The molecule has 0 spiro atoms. The fourth-order valence-electron chi connectivity index (χ4n) is 3.85. The molecule has 0 aliphatic heterocycles. The number of unbranched alkanes of at least 4 members (excludes halogenated alkanes) is 4. The Morgan fingerprint density at radius 1 is 1.33 bits per heavy atom. The Kier molecular flexibility index (Phi) is 4.19. The molecule has 0 heterocycles. The fraction of sp³-hybridized carbons (Fsp3) is 0.765. The van der Waals surface area contributed by atoms with Gasteiger partial charge in [0.15, 0.2) is 0 Å². The van der Waals surface area contributed by atoms with Gasteiger partial charge in [0.05, 0.1) is 0 Å². The maximum atomic E-state index is 4.26. The van der Waals surface area contributed by atoms with E-state index >= 15 is 0 Å². The summed E-state index contributed by atoms with van der Waals surface area (Å²) in [4.78, 5) is 0. The highest BCUT2D eigenvalue weighted by Gasteiger charge is 2.70. The molecule has 4 unspecified atom stereocenters. The van der Waals surface area contributed by atoms with Gasteiger partial charge >= 0.3 is 0 Å². The van der Waals surface area contributed by atoms with Crippen LogP contribution < -0.4 is 5.32 Å². The molecule has 1 heteroatoms. The molecule has 18 heavy (non-hydrogen) atoms. The molecule has 0 aromatic rings. The third-order valence-electron chi connectivity index (χ3n) is 5.22. The van der Waals surface area contributed by atoms with Crippen molar-refractivity contribution >= 4 is 0 Å². The van der Waals surface area contributed by atoms with E-state index in [1.807, 2.05) is 0 Å². The molecule has 0 aromatic heterocycles. The summed E-state index contributed by atoms with van der Waals surface area (Å²) >= 11 is 0. The van der Waals surface area contributed by atoms with Crippen LogP contribution in [-0.2, 0) is 0 Å². The zero-order valence-electron chi connectivity index (χ0n) is 12.2. The summed E-state index contributed by atoms with van der Waals surface area (Å²) in [6, 6.07) is 0. The summed E-state index contributed by atoms with van der Waals surface area (Å²) in [6.07, 6.45) is 10.3. The van der Waals surface area contributed by atoms with E-state index in [0.29, 0.717) is 17.3 Å². The number of hydrogen-bond acceptors (Lipinski definition) is 1. The van der Waals surface area contributed by atoms with Gasteiger partial charge in [-0.15, -0.1) is 6.58 Å². The molecule has 2 saturated carbocycles. The van der Waals surface area contributed by atoms with Gasteiger partial charge in [0.2, 0.25) is 0 Å². The average molecular weight is 247 g/mol. The second-order valence-electron chi connectivity index (χ2n) is 6.47. The van der Waals surface area contributed by atoms with Gasteiger partial charge in [0.1, 0.15) is 0 Å². The molecule has 0 radical (unpaired) electrons. The van der Waals surface area contributed by atoms with Crippen molar-refractivity contribution in [1.82, 2.24) is 5.32 Å². The Labute approximate surface area is 113 Å². The van der Waals surface area contributed by atoms with Crippen LogP contribution in [0.3, 0.4) is 0 Å². The first-order valence-electron chi connectivity index (χ1n) is 7.70.